The summed E-state index contributed by atoms with van der Waals surface area (Å²) in [6, 6.07) is 5.84. The Labute approximate surface area is 103 Å². The summed E-state index contributed by atoms with van der Waals surface area (Å²) in [7, 11) is 4.26. The molecule has 1 aliphatic rings. The van der Waals surface area contributed by atoms with Crippen LogP contribution < -0.4 is 16.2 Å². The molecule has 1 aliphatic heterocycles. The Morgan fingerprint density at radius 3 is 3.06 bits per heavy atom. The second-order valence-corrected chi connectivity index (χ2v) is 4.82. The van der Waals surface area contributed by atoms with Crippen LogP contribution in [-0.2, 0) is 0 Å². The number of nitrogens with two attached hydrogens (primary N) is 1. The zero-order valence-corrected chi connectivity index (χ0v) is 10.6. The van der Waals surface area contributed by atoms with Crippen molar-refractivity contribution in [2.45, 2.75) is 6.42 Å². The van der Waals surface area contributed by atoms with Gasteiger partial charge in [0.25, 0.3) is 0 Å². The van der Waals surface area contributed by atoms with Crippen LogP contribution in [-0.4, -0.2) is 43.6 Å². The SMILES string of the molecule is CN1CCC(CN(C)c2cccc(NN)n2)C1. The Kier molecular flexibility index (Phi) is 3.81. The molecule has 17 heavy (non-hydrogen) atoms. The first-order valence-electron chi connectivity index (χ1n) is 6.02. The van der Waals surface area contributed by atoms with Crippen molar-refractivity contribution in [2.75, 3.05) is 44.1 Å². The molecule has 2 heterocycles. The molecular weight excluding hydrogens is 214 g/mol. The molecule has 5 nitrogen and oxygen atoms in total. The summed E-state index contributed by atoms with van der Waals surface area (Å²) in [6.07, 6.45) is 1.27. The van der Waals surface area contributed by atoms with E-state index in [0.717, 1.165) is 18.3 Å². The third-order valence-corrected chi connectivity index (χ3v) is 3.29. The van der Waals surface area contributed by atoms with E-state index in [9.17, 15) is 0 Å². The van der Waals surface area contributed by atoms with Gasteiger partial charge in [0.05, 0.1) is 0 Å². The van der Waals surface area contributed by atoms with Crippen molar-refractivity contribution >= 4 is 11.6 Å². The van der Waals surface area contributed by atoms with Crippen molar-refractivity contribution < 1.29 is 0 Å². The summed E-state index contributed by atoms with van der Waals surface area (Å²) in [5, 5.41) is 0. The number of rotatable bonds is 4. The fourth-order valence-corrected chi connectivity index (χ4v) is 2.37. The first kappa shape index (κ1) is 12.1. The highest BCUT2D eigenvalue weighted by atomic mass is 15.3. The third-order valence-electron chi connectivity index (χ3n) is 3.29. The number of pyridine rings is 1. The molecule has 0 aromatic carbocycles. The minimum Gasteiger partial charge on any atom is -0.359 e. The van der Waals surface area contributed by atoms with Crippen LogP contribution in [0.3, 0.4) is 0 Å². The summed E-state index contributed by atoms with van der Waals surface area (Å²) >= 11 is 0. The zero-order chi connectivity index (χ0) is 12.3. The number of nitrogens with zero attached hydrogens (tertiary/aromatic N) is 3. The second kappa shape index (κ2) is 5.33. The van der Waals surface area contributed by atoms with Gasteiger partial charge >= 0.3 is 0 Å². The molecule has 1 atom stereocenters. The van der Waals surface area contributed by atoms with Gasteiger partial charge < -0.3 is 15.2 Å². The highest BCUT2D eigenvalue weighted by Crippen LogP contribution is 2.19. The number of hydrogen-bond acceptors (Lipinski definition) is 5. The molecule has 3 N–H and O–H groups in total. The highest BCUT2D eigenvalue weighted by molar-refractivity contribution is 5.45. The lowest BCUT2D eigenvalue weighted by Gasteiger charge is -2.22. The van der Waals surface area contributed by atoms with Gasteiger partial charge in [-0.3, -0.25) is 0 Å². The fraction of sp³-hybridized carbons (Fsp3) is 0.583. The van der Waals surface area contributed by atoms with E-state index < -0.39 is 0 Å². The molecule has 5 heteroatoms. The molecule has 0 radical (unpaired) electrons. The molecule has 1 saturated heterocycles. The maximum Gasteiger partial charge on any atom is 0.142 e. The maximum atomic E-state index is 5.36. The molecule has 1 aromatic heterocycles. The Morgan fingerprint density at radius 2 is 2.41 bits per heavy atom. The van der Waals surface area contributed by atoms with Crippen molar-refractivity contribution in [2.24, 2.45) is 11.8 Å². The lowest BCUT2D eigenvalue weighted by molar-refractivity contribution is 0.395. The van der Waals surface area contributed by atoms with Gasteiger partial charge in [-0.15, -0.1) is 0 Å². The summed E-state index contributed by atoms with van der Waals surface area (Å²) in [5.74, 6) is 7.77. The lowest BCUT2D eigenvalue weighted by atomic mass is 10.1. The number of aromatic nitrogens is 1. The minimum atomic E-state index is 0.706. The van der Waals surface area contributed by atoms with Gasteiger partial charge in [-0.2, -0.15) is 0 Å². The minimum absolute atomic E-state index is 0.706. The van der Waals surface area contributed by atoms with E-state index in [2.05, 4.69) is 34.3 Å². The zero-order valence-electron chi connectivity index (χ0n) is 10.6. The number of hydrazine groups is 1. The normalized spacial score (nSPS) is 20.5. The molecule has 2 rings (SSSR count). The first-order chi connectivity index (χ1) is 8.19. The molecule has 0 bridgehead atoms. The Hall–Kier alpha value is -1.33. The van der Waals surface area contributed by atoms with Gasteiger partial charge in [-0.05, 0) is 38.1 Å². The quantitative estimate of drug-likeness (QED) is 0.596. The smallest absolute Gasteiger partial charge is 0.142 e. The van der Waals surface area contributed by atoms with Crippen molar-refractivity contribution in [3.05, 3.63) is 18.2 Å². The Bertz CT molecular complexity index is 368. The van der Waals surface area contributed by atoms with Crippen LogP contribution in [0.4, 0.5) is 11.6 Å². The lowest BCUT2D eigenvalue weighted by Crippen LogP contribution is -2.28. The number of anilines is 2. The maximum absolute atomic E-state index is 5.36. The Morgan fingerprint density at radius 1 is 1.59 bits per heavy atom. The topological polar surface area (TPSA) is 57.4 Å². The molecule has 0 amide bonds. The molecule has 0 saturated carbocycles. The van der Waals surface area contributed by atoms with Crippen molar-refractivity contribution in [1.29, 1.82) is 0 Å². The Balaban J connectivity index is 1.96. The van der Waals surface area contributed by atoms with Gasteiger partial charge in [0.15, 0.2) is 0 Å². The number of nitrogens with one attached hydrogen (secondary N) is 1. The standard InChI is InChI=1S/C12H21N5/c1-16-7-6-10(8-16)9-17(2)12-5-3-4-11(14-12)15-13/h3-5,10H,6-9,13H2,1-2H3,(H,14,15). The second-order valence-electron chi connectivity index (χ2n) is 4.82. The average molecular weight is 235 g/mol. The molecule has 0 aliphatic carbocycles. The van der Waals surface area contributed by atoms with E-state index in [1.165, 1.54) is 19.5 Å². The van der Waals surface area contributed by atoms with Gasteiger partial charge in [-0.25, -0.2) is 10.8 Å². The van der Waals surface area contributed by atoms with Crippen LogP contribution in [0.15, 0.2) is 18.2 Å². The van der Waals surface area contributed by atoms with E-state index in [0.29, 0.717) is 5.82 Å². The molecule has 1 aromatic rings. The fourth-order valence-electron chi connectivity index (χ4n) is 2.37. The van der Waals surface area contributed by atoms with Crippen molar-refractivity contribution in [3.63, 3.8) is 0 Å². The molecular formula is C12H21N5. The number of likely N-dealkylation sites (tertiary alicyclic amines) is 1. The van der Waals surface area contributed by atoms with Crippen LogP contribution in [0.1, 0.15) is 6.42 Å². The number of hydrogen-bond donors (Lipinski definition) is 2. The highest BCUT2D eigenvalue weighted by Gasteiger charge is 2.21. The van der Waals surface area contributed by atoms with E-state index in [4.69, 9.17) is 5.84 Å². The predicted octanol–water partition coefficient (Wildman–Crippen LogP) is 0.755. The first-order valence-corrected chi connectivity index (χ1v) is 6.02. The third kappa shape index (κ3) is 3.08. The van der Waals surface area contributed by atoms with Gasteiger partial charge in [0.1, 0.15) is 11.6 Å². The molecule has 94 valence electrons. The number of nitrogen functional groups attached to an aromatic ring is 1. The van der Waals surface area contributed by atoms with Gasteiger partial charge in [0, 0.05) is 20.1 Å². The predicted molar refractivity (Wildman–Crippen MR) is 70.9 cm³/mol. The van der Waals surface area contributed by atoms with E-state index in [1.807, 2.05) is 18.2 Å². The van der Waals surface area contributed by atoms with Crippen LogP contribution in [0, 0.1) is 5.92 Å². The molecule has 0 spiro atoms. The average Bonchev–Trinajstić information content (AvgIpc) is 2.75. The van der Waals surface area contributed by atoms with Crippen LogP contribution in [0.25, 0.3) is 0 Å². The summed E-state index contributed by atoms with van der Waals surface area (Å²) in [6.45, 7) is 3.43. The van der Waals surface area contributed by atoms with Gasteiger partial charge in [0.2, 0.25) is 0 Å². The van der Waals surface area contributed by atoms with E-state index in [1.54, 1.807) is 0 Å². The molecule has 1 fully saturated rings. The van der Waals surface area contributed by atoms with Crippen molar-refractivity contribution in [1.82, 2.24) is 9.88 Å². The van der Waals surface area contributed by atoms with Crippen LogP contribution in [0.5, 0.6) is 0 Å². The van der Waals surface area contributed by atoms with Gasteiger partial charge in [-0.1, -0.05) is 6.07 Å². The van der Waals surface area contributed by atoms with Crippen molar-refractivity contribution in [3.8, 4) is 0 Å². The monoisotopic (exact) mass is 235 g/mol. The summed E-state index contributed by atoms with van der Waals surface area (Å²) in [5.41, 5.74) is 2.58. The van der Waals surface area contributed by atoms with E-state index >= 15 is 0 Å². The molecule has 1 unspecified atom stereocenters. The van der Waals surface area contributed by atoms with E-state index in [-0.39, 0.29) is 0 Å². The summed E-state index contributed by atoms with van der Waals surface area (Å²) in [4.78, 5) is 9.01. The van der Waals surface area contributed by atoms with Crippen LogP contribution >= 0.6 is 0 Å². The van der Waals surface area contributed by atoms with Crippen LogP contribution in [0.2, 0.25) is 0 Å². The largest absolute Gasteiger partial charge is 0.359 e. The summed E-state index contributed by atoms with van der Waals surface area (Å²) < 4.78 is 0.